The maximum absolute atomic E-state index is 11.7. The first-order valence-corrected chi connectivity index (χ1v) is 6.02. The largest absolute Gasteiger partial charge is 0.316 e. The molecule has 4 heteroatoms. The number of amides is 1. The van der Waals surface area contributed by atoms with Crippen LogP contribution in [0.3, 0.4) is 0 Å². The van der Waals surface area contributed by atoms with E-state index < -0.39 is 0 Å². The SMILES string of the molecule is O=C(NOCc1ccccc1)[C@@H]1CCCNC1. The average Bonchev–Trinajstić information content (AvgIpc) is 2.41. The van der Waals surface area contributed by atoms with Gasteiger partial charge in [-0.05, 0) is 24.9 Å². The molecule has 4 nitrogen and oxygen atoms in total. The van der Waals surface area contributed by atoms with Gasteiger partial charge in [0.05, 0.1) is 12.5 Å². The summed E-state index contributed by atoms with van der Waals surface area (Å²) in [5, 5.41) is 3.21. The van der Waals surface area contributed by atoms with Gasteiger partial charge in [0.15, 0.2) is 0 Å². The second-order valence-electron chi connectivity index (χ2n) is 4.28. The van der Waals surface area contributed by atoms with Crippen LogP contribution in [0.1, 0.15) is 18.4 Å². The van der Waals surface area contributed by atoms with Crippen LogP contribution in [0.2, 0.25) is 0 Å². The molecule has 1 amide bonds. The van der Waals surface area contributed by atoms with Crippen molar-refractivity contribution in [3.63, 3.8) is 0 Å². The van der Waals surface area contributed by atoms with Crippen molar-refractivity contribution in [2.75, 3.05) is 13.1 Å². The van der Waals surface area contributed by atoms with Crippen molar-refractivity contribution in [3.8, 4) is 0 Å². The molecule has 1 fully saturated rings. The fourth-order valence-electron chi connectivity index (χ4n) is 1.92. The smallest absolute Gasteiger partial charge is 0.247 e. The van der Waals surface area contributed by atoms with Crippen molar-refractivity contribution in [2.24, 2.45) is 5.92 Å². The van der Waals surface area contributed by atoms with E-state index in [1.54, 1.807) is 0 Å². The molecule has 1 heterocycles. The maximum atomic E-state index is 11.7. The van der Waals surface area contributed by atoms with Gasteiger partial charge in [-0.3, -0.25) is 9.63 Å². The van der Waals surface area contributed by atoms with E-state index in [-0.39, 0.29) is 11.8 Å². The predicted octanol–water partition coefficient (Wildman–Crippen LogP) is 1.23. The molecular formula is C13H18N2O2. The molecule has 1 aliphatic rings. The first kappa shape index (κ1) is 12.1. The van der Waals surface area contributed by atoms with Crippen LogP contribution in [-0.2, 0) is 16.2 Å². The Morgan fingerprint density at radius 3 is 2.94 bits per heavy atom. The Labute approximate surface area is 101 Å². The van der Waals surface area contributed by atoms with Crippen molar-refractivity contribution in [3.05, 3.63) is 35.9 Å². The highest BCUT2D eigenvalue weighted by Gasteiger charge is 2.20. The molecule has 1 aliphatic heterocycles. The highest BCUT2D eigenvalue weighted by Crippen LogP contribution is 2.09. The van der Waals surface area contributed by atoms with E-state index in [4.69, 9.17) is 4.84 Å². The lowest BCUT2D eigenvalue weighted by Gasteiger charge is -2.21. The van der Waals surface area contributed by atoms with E-state index in [0.29, 0.717) is 6.61 Å². The van der Waals surface area contributed by atoms with Crippen LogP contribution >= 0.6 is 0 Å². The Kier molecular flexibility index (Phi) is 4.53. The fraction of sp³-hybridized carbons (Fsp3) is 0.462. The number of nitrogens with one attached hydrogen (secondary N) is 2. The standard InChI is InChI=1S/C13H18N2O2/c16-13(12-7-4-8-14-9-12)15-17-10-11-5-2-1-3-6-11/h1-3,5-6,12,14H,4,7-10H2,(H,15,16)/t12-/m1/s1. The quantitative estimate of drug-likeness (QED) is 0.770. The van der Waals surface area contributed by atoms with Crippen molar-refractivity contribution in [1.82, 2.24) is 10.8 Å². The zero-order chi connectivity index (χ0) is 11.9. The molecule has 0 bridgehead atoms. The summed E-state index contributed by atoms with van der Waals surface area (Å²) in [4.78, 5) is 16.9. The summed E-state index contributed by atoms with van der Waals surface area (Å²) in [6, 6.07) is 9.79. The summed E-state index contributed by atoms with van der Waals surface area (Å²) in [5.41, 5.74) is 3.57. The molecular weight excluding hydrogens is 216 g/mol. The van der Waals surface area contributed by atoms with E-state index >= 15 is 0 Å². The van der Waals surface area contributed by atoms with Crippen LogP contribution in [0.15, 0.2) is 30.3 Å². The third kappa shape index (κ3) is 3.84. The molecule has 0 unspecified atom stereocenters. The summed E-state index contributed by atoms with van der Waals surface area (Å²) >= 11 is 0. The third-order valence-corrected chi connectivity index (χ3v) is 2.92. The molecule has 0 spiro atoms. The zero-order valence-electron chi connectivity index (χ0n) is 9.82. The molecule has 2 rings (SSSR count). The Bertz CT molecular complexity index is 348. The van der Waals surface area contributed by atoms with E-state index in [9.17, 15) is 4.79 Å². The summed E-state index contributed by atoms with van der Waals surface area (Å²) in [7, 11) is 0. The van der Waals surface area contributed by atoms with Crippen molar-refractivity contribution in [2.45, 2.75) is 19.4 Å². The molecule has 1 atom stereocenters. The van der Waals surface area contributed by atoms with Crippen LogP contribution in [0, 0.1) is 5.92 Å². The minimum atomic E-state index is -0.0202. The molecule has 17 heavy (non-hydrogen) atoms. The number of piperidine rings is 1. The molecule has 0 radical (unpaired) electrons. The van der Waals surface area contributed by atoms with Crippen molar-refractivity contribution >= 4 is 5.91 Å². The van der Waals surface area contributed by atoms with Gasteiger partial charge in [0.1, 0.15) is 0 Å². The van der Waals surface area contributed by atoms with E-state index in [1.807, 2.05) is 30.3 Å². The minimum Gasteiger partial charge on any atom is -0.316 e. The lowest BCUT2D eigenvalue weighted by atomic mass is 9.99. The van der Waals surface area contributed by atoms with Crippen LogP contribution < -0.4 is 10.8 Å². The second-order valence-corrected chi connectivity index (χ2v) is 4.28. The number of rotatable bonds is 4. The minimum absolute atomic E-state index is 0.0202. The fourth-order valence-corrected chi connectivity index (χ4v) is 1.92. The molecule has 1 saturated heterocycles. The van der Waals surface area contributed by atoms with Gasteiger partial charge >= 0.3 is 0 Å². The van der Waals surface area contributed by atoms with Gasteiger partial charge in [-0.25, -0.2) is 5.48 Å². The van der Waals surface area contributed by atoms with Gasteiger partial charge in [-0.2, -0.15) is 0 Å². The zero-order valence-corrected chi connectivity index (χ0v) is 9.82. The number of hydroxylamine groups is 1. The van der Waals surface area contributed by atoms with E-state index in [2.05, 4.69) is 10.8 Å². The normalized spacial score (nSPS) is 19.9. The van der Waals surface area contributed by atoms with Crippen molar-refractivity contribution in [1.29, 1.82) is 0 Å². The number of carbonyl (C=O) groups excluding carboxylic acids is 1. The highest BCUT2D eigenvalue weighted by atomic mass is 16.6. The predicted molar refractivity (Wildman–Crippen MR) is 65.0 cm³/mol. The van der Waals surface area contributed by atoms with Crippen LogP contribution in [0.25, 0.3) is 0 Å². The summed E-state index contributed by atoms with van der Waals surface area (Å²) < 4.78 is 0. The highest BCUT2D eigenvalue weighted by molar-refractivity contribution is 5.77. The molecule has 92 valence electrons. The lowest BCUT2D eigenvalue weighted by Crippen LogP contribution is -2.40. The molecule has 0 aliphatic carbocycles. The van der Waals surface area contributed by atoms with Crippen LogP contribution in [0.4, 0.5) is 0 Å². The maximum Gasteiger partial charge on any atom is 0.247 e. The van der Waals surface area contributed by atoms with Crippen LogP contribution in [-0.4, -0.2) is 19.0 Å². The molecule has 2 N–H and O–H groups in total. The van der Waals surface area contributed by atoms with Gasteiger partial charge in [0, 0.05) is 6.54 Å². The Morgan fingerprint density at radius 2 is 2.24 bits per heavy atom. The summed E-state index contributed by atoms with van der Waals surface area (Å²) in [6.45, 7) is 2.17. The number of hydrogen-bond acceptors (Lipinski definition) is 3. The average molecular weight is 234 g/mol. The van der Waals surface area contributed by atoms with E-state index in [1.165, 1.54) is 0 Å². The van der Waals surface area contributed by atoms with Gasteiger partial charge in [-0.15, -0.1) is 0 Å². The summed E-state index contributed by atoms with van der Waals surface area (Å²) in [5.74, 6) is 0.0210. The number of hydrogen-bond donors (Lipinski definition) is 2. The topological polar surface area (TPSA) is 50.4 Å². The van der Waals surface area contributed by atoms with Gasteiger partial charge < -0.3 is 5.32 Å². The van der Waals surface area contributed by atoms with E-state index in [0.717, 1.165) is 31.5 Å². The Hall–Kier alpha value is -1.39. The van der Waals surface area contributed by atoms with Gasteiger partial charge in [0.25, 0.3) is 0 Å². The molecule has 1 aromatic rings. The first-order chi connectivity index (χ1) is 8.36. The monoisotopic (exact) mass is 234 g/mol. The molecule has 0 saturated carbocycles. The summed E-state index contributed by atoms with van der Waals surface area (Å²) in [6.07, 6.45) is 1.99. The third-order valence-electron chi connectivity index (χ3n) is 2.92. The van der Waals surface area contributed by atoms with Gasteiger partial charge in [-0.1, -0.05) is 30.3 Å². The lowest BCUT2D eigenvalue weighted by molar-refractivity contribution is -0.139. The first-order valence-electron chi connectivity index (χ1n) is 6.02. The molecule has 1 aromatic carbocycles. The van der Waals surface area contributed by atoms with Gasteiger partial charge in [0.2, 0.25) is 5.91 Å². The molecule has 0 aromatic heterocycles. The number of benzene rings is 1. The van der Waals surface area contributed by atoms with Crippen molar-refractivity contribution < 1.29 is 9.63 Å². The van der Waals surface area contributed by atoms with Crippen LogP contribution in [0.5, 0.6) is 0 Å². The Balaban J connectivity index is 1.69. The second kappa shape index (κ2) is 6.37. The number of carbonyl (C=O) groups is 1. The Morgan fingerprint density at radius 1 is 1.41 bits per heavy atom.